The number of benzene rings is 1. The van der Waals surface area contributed by atoms with Crippen molar-refractivity contribution in [2.75, 3.05) is 55.6 Å². The summed E-state index contributed by atoms with van der Waals surface area (Å²) in [7, 11) is 1.93. The van der Waals surface area contributed by atoms with E-state index in [1.165, 1.54) is 36.1 Å². The van der Waals surface area contributed by atoms with E-state index in [1.54, 1.807) is 25.1 Å². The van der Waals surface area contributed by atoms with Gasteiger partial charge < -0.3 is 31.8 Å². The van der Waals surface area contributed by atoms with Gasteiger partial charge in [-0.05, 0) is 106 Å². The Hall–Kier alpha value is -4.85. The van der Waals surface area contributed by atoms with Crippen LogP contribution in [0.15, 0.2) is 55.0 Å². The Morgan fingerprint density at radius 1 is 0.925 bits per heavy atom. The summed E-state index contributed by atoms with van der Waals surface area (Å²) in [6.45, 7) is 9.12. The molecule has 8 heterocycles. The van der Waals surface area contributed by atoms with Crippen LogP contribution in [0.25, 0.3) is 11.3 Å². The maximum absolute atomic E-state index is 12.5. The molecule has 4 aromatic heterocycles. The third-order valence-electron chi connectivity index (χ3n) is 13.9. The van der Waals surface area contributed by atoms with Gasteiger partial charge in [0, 0.05) is 95.3 Å². The number of carbonyl (C=O) groups is 2. The number of hydrogen-bond acceptors (Lipinski definition) is 12. The van der Waals surface area contributed by atoms with Gasteiger partial charge in [-0.2, -0.15) is 15.5 Å². The van der Waals surface area contributed by atoms with Crippen molar-refractivity contribution in [2.45, 2.75) is 103 Å². The number of fused-ring (bicyclic) bond motifs is 2. The fourth-order valence-electron chi connectivity index (χ4n) is 10.3. The molecule has 1 aliphatic carbocycles. The quantitative estimate of drug-likeness (QED) is 0.108. The number of aldehydes is 1. The summed E-state index contributed by atoms with van der Waals surface area (Å²) in [5.74, 6) is 3.42. The van der Waals surface area contributed by atoms with Gasteiger partial charge in [0.2, 0.25) is 5.91 Å². The predicted octanol–water partition coefficient (Wildman–Crippen LogP) is 5.20. The van der Waals surface area contributed by atoms with Crippen LogP contribution in [-0.4, -0.2) is 109 Å². The van der Waals surface area contributed by atoms with Crippen molar-refractivity contribution < 1.29 is 43.9 Å². The number of halogens is 1. The van der Waals surface area contributed by atoms with Crippen LogP contribution in [0.5, 0.6) is 5.75 Å². The number of ether oxygens (including phenoxy) is 1. The average molecular weight is 938 g/mol. The van der Waals surface area contributed by atoms with Crippen LogP contribution in [0.2, 0.25) is 5.02 Å². The van der Waals surface area contributed by atoms with E-state index in [-0.39, 0.29) is 42.9 Å². The summed E-state index contributed by atoms with van der Waals surface area (Å²) in [5, 5.41) is 27.2. The van der Waals surface area contributed by atoms with Gasteiger partial charge in [-0.15, -0.1) is 10.2 Å². The molecule has 348 valence electrons. The molecule has 17 heteroatoms. The Bertz CT molecular complexity index is 2500. The third-order valence-corrected chi connectivity index (χ3v) is 14.2. The van der Waals surface area contributed by atoms with E-state index in [1.807, 2.05) is 53.4 Å². The monoisotopic (exact) mass is 936 g/mol. The van der Waals surface area contributed by atoms with Gasteiger partial charge in [0.1, 0.15) is 17.5 Å². The van der Waals surface area contributed by atoms with Crippen molar-refractivity contribution >= 4 is 41.1 Å². The largest absolute Gasteiger partial charge is 1.00 e. The topological polar surface area (TPSA) is 154 Å². The van der Waals surface area contributed by atoms with Gasteiger partial charge in [0.15, 0.2) is 17.9 Å². The second-order valence-corrected chi connectivity index (χ2v) is 18.7. The van der Waals surface area contributed by atoms with E-state index in [9.17, 15) is 9.59 Å². The number of anilines is 3. The fourth-order valence-corrected chi connectivity index (χ4v) is 10.5. The molecule has 1 saturated carbocycles. The first-order chi connectivity index (χ1) is 31.7. The number of hydrogen-bond donors (Lipinski definition) is 0. The Morgan fingerprint density at radius 2 is 1.72 bits per heavy atom. The molecule has 0 unspecified atom stereocenters. The molecule has 4 aliphatic heterocycles. The standard InChI is InChI=1S/C36H45N11O2.C13H14ClNO.CH3.Na/c1-25(49)45-17-11-33-31(23-45)36(46-12-3-4-27-18-32(37-20-34(27)46)28-19-38-42(2)22-28)41-47(33)30-9-13-43(14-10-30)21-26-7-15-44(16-8-26)35-6-5-29(24-48)39-40-35;14-13-8-12(7-6-10(13)9-15)16-11-4-2-1-3-5-11;;/h5-6,18-20,22,24,26,30H,3-4,7-17,21,23H2,1-2H3;6-8,11H,1-5H2;1H3;/q;;-1;+1. The molecular weight excluding hydrogens is 875 g/mol. The number of aryl methyl sites for hydroxylation is 2. The second-order valence-electron chi connectivity index (χ2n) is 18.3. The smallest absolute Gasteiger partial charge is 0.490 e. The maximum Gasteiger partial charge on any atom is 1.00 e. The van der Waals surface area contributed by atoms with Gasteiger partial charge in [-0.1, -0.05) is 18.0 Å². The Morgan fingerprint density at radius 3 is 2.39 bits per heavy atom. The molecule has 0 bridgehead atoms. The van der Waals surface area contributed by atoms with Crippen molar-refractivity contribution in [1.29, 1.82) is 5.26 Å². The fraction of sp³-hybridized carbons (Fsp3) is 0.500. The Kier molecular flexibility index (Phi) is 17.2. The molecule has 67 heavy (non-hydrogen) atoms. The molecule has 1 aromatic carbocycles. The average Bonchev–Trinajstić information content (AvgIpc) is 3.96. The van der Waals surface area contributed by atoms with Gasteiger partial charge in [-0.3, -0.25) is 23.9 Å². The van der Waals surface area contributed by atoms with Gasteiger partial charge in [-0.25, -0.2) is 0 Å². The van der Waals surface area contributed by atoms with Crippen molar-refractivity contribution in [3.05, 3.63) is 95.5 Å². The number of likely N-dealkylation sites (tertiary alicyclic amines) is 1. The molecule has 0 spiro atoms. The molecule has 3 fully saturated rings. The zero-order valence-corrected chi connectivity index (χ0v) is 42.4. The van der Waals surface area contributed by atoms with Crippen LogP contribution < -0.4 is 44.1 Å². The van der Waals surface area contributed by atoms with Crippen molar-refractivity contribution in [2.24, 2.45) is 13.0 Å². The summed E-state index contributed by atoms with van der Waals surface area (Å²) in [4.78, 5) is 37.6. The molecule has 15 nitrogen and oxygen atoms in total. The second kappa shape index (κ2) is 23.0. The third kappa shape index (κ3) is 11.7. The predicted molar refractivity (Wildman–Crippen MR) is 256 cm³/mol. The van der Waals surface area contributed by atoms with E-state index >= 15 is 0 Å². The molecule has 5 aliphatic rings. The van der Waals surface area contributed by atoms with Crippen LogP contribution >= 0.6 is 11.6 Å². The first-order valence-electron chi connectivity index (χ1n) is 23.5. The van der Waals surface area contributed by atoms with E-state index in [0.717, 1.165) is 144 Å². The van der Waals surface area contributed by atoms with E-state index in [0.29, 0.717) is 40.9 Å². The molecule has 0 N–H and O–H groups in total. The molecule has 2 saturated heterocycles. The minimum Gasteiger partial charge on any atom is -0.490 e. The summed E-state index contributed by atoms with van der Waals surface area (Å²) < 4.78 is 10.0. The molecule has 10 rings (SSSR count). The maximum atomic E-state index is 12.5. The van der Waals surface area contributed by atoms with Gasteiger partial charge in [0.25, 0.3) is 0 Å². The molecule has 0 atom stereocenters. The van der Waals surface area contributed by atoms with Gasteiger partial charge in [0.05, 0.1) is 53.1 Å². The van der Waals surface area contributed by atoms with E-state index in [2.05, 4.69) is 40.7 Å². The number of pyridine rings is 1. The summed E-state index contributed by atoms with van der Waals surface area (Å²) in [6.07, 6.45) is 20.3. The first kappa shape index (κ1) is 50.0. The molecule has 0 radical (unpaired) electrons. The zero-order chi connectivity index (χ0) is 44.9. The number of aromatic nitrogens is 7. The Balaban J connectivity index is 0.000000314. The van der Waals surface area contributed by atoms with E-state index in [4.69, 9.17) is 31.7 Å². The summed E-state index contributed by atoms with van der Waals surface area (Å²) >= 11 is 5.94. The SMILES string of the molecule is CC(=O)N1CCc2c(c(N3CCCc4cc(-c5cnn(C)c5)ncc43)nn2C2CCN(CC3CCN(c4ccc(C=O)nn4)CC3)CC2)C1.N#Cc1ccc(OC2CCCCC2)cc1Cl.[CH3-].[Na+]. The van der Waals surface area contributed by atoms with Crippen LogP contribution in [-0.2, 0) is 31.2 Å². The number of carbonyl (C=O) groups excluding carboxylic acids is 2. The first-order valence-corrected chi connectivity index (χ1v) is 23.8. The number of nitrogens with zero attached hydrogens (tertiary/aromatic N) is 12. The Labute approximate surface area is 422 Å². The number of amides is 1. The van der Waals surface area contributed by atoms with Crippen molar-refractivity contribution in [1.82, 2.24) is 44.5 Å². The van der Waals surface area contributed by atoms with Crippen LogP contribution in [0.4, 0.5) is 17.3 Å². The minimum atomic E-state index is 0. The van der Waals surface area contributed by atoms with Gasteiger partial charge >= 0.3 is 29.6 Å². The van der Waals surface area contributed by atoms with Crippen molar-refractivity contribution in [3.8, 4) is 23.1 Å². The molecule has 5 aromatic rings. The van der Waals surface area contributed by atoms with Crippen LogP contribution in [0.3, 0.4) is 0 Å². The number of nitriles is 1. The normalized spacial score (nSPS) is 18.0. The zero-order valence-electron chi connectivity index (χ0n) is 39.6. The summed E-state index contributed by atoms with van der Waals surface area (Å²) in [5.41, 5.74) is 7.74. The molecular formula is C50H62ClN12NaO3. The number of rotatable bonds is 9. The number of piperidine rings is 2. The van der Waals surface area contributed by atoms with Crippen LogP contribution in [0, 0.1) is 24.7 Å². The van der Waals surface area contributed by atoms with Crippen molar-refractivity contribution in [3.63, 3.8) is 0 Å². The summed E-state index contributed by atoms with van der Waals surface area (Å²) in [6, 6.07) is 13.5. The minimum absolute atomic E-state index is 0. The van der Waals surface area contributed by atoms with E-state index < -0.39 is 0 Å². The molecule has 1 amide bonds. The van der Waals surface area contributed by atoms with Crippen LogP contribution in [0.1, 0.15) is 110 Å².